The highest BCUT2D eigenvalue weighted by atomic mass is 16.2. The molecule has 1 saturated heterocycles. The summed E-state index contributed by atoms with van der Waals surface area (Å²) in [6.45, 7) is 0. The predicted molar refractivity (Wildman–Crippen MR) is 77.4 cm³/mol. The molecule has 108 valence electrons. The Morgan fingerprint density at radius 2 is 1.81 bits per heavy atom. The zero-order valence-electron chi connectivity index (χ0n) is 11.7. The number of anilines is 1. The minimum absolute atomic E-state index is 0.180. The minimum Gasteiger partial charge on any atom is -0.303 e. The van der Waals surface area contributed by atoms with Gasteiger partial charge in [-0.2, -0.15) is 5.26 Å². The molecule has 1 aliphatic heterocycles. The molecule has 1 unspecified atom stereocenters. The molecule has 5 nitrogen and oxygen atoms in total. The van der Waals surface area contributed by atoms with Crippen molar-refractivity contribution in [3.63, 3.8) is 0 Å². The maximum absolute atomic E-state index is 12.4. The van der Waals surface area contributed by atoms with Crippen molar-refractivity contribution in [3.05, 3.63) is 29.8 Å². The Morgan fingerprint density at radius 1 is 1.14 bits per heavy atom. The highest BCUT2D eigenvalue weighted by molar-refractivity contribution is 6.22. The van der Waals surface area contributed by atoms with E-state index in [0.29, 0.717) is 17.3 Å². The van der Waals surface area contributed by atoms with Crippen molar-refractivity contribution in [1.29, 1.82) is 5.26 Å². The van der Waals surface area contributed by atoms with Crippen LogP contribution in [0, 0.1) is 11.3 Å². The van der Waals surface area contributed by atoms with Crippen molar-refractivity contribution in [3.8, 4) is 6.07 Å². The second kappa shape index (κ2) is 5.66. The molecule has 1 atom stereocenters. The fourth-order valence-electron chi connectivity index (χ4n) is 3.10. The summed E-state index contributed by atoms with van der Waals surface area (Å²) >= 11 is 0. The van der Waals surface area contributed by atoms with Gasteiger partial charge in [0.15, 0.2) is 0 Å². The van der Waals surface area contributed by atoms with Gasteiger partial charge < -0.3 is 5.32 Å². The second-order valence-electron chi connectivity index (χ2n) is 5.63. The van der Waals surface area contributed by atoms with Gasteiger partial charge in [0.2, 0.25) is 5.91 Å². The molecule has 1 aromatic carbocycles. The summed E-state index contributed by atoms with van der Waals surface area (Å²) in [5, 5.41) is 12.1. The van der Waals surface area contributed by atoms with E-state index in [1.807, 2.05) is 6.07 Å². The molecule has 0 spiro atoms. The first-order chi connectivity index (χ1) is 10.2. The Hall–Kier alpha value is -2.19. The largest absolute Gasteiger partial charge is 0.303 e. The number of hydrogen-bond donors (Lipinski definition) is 1. The molecule has 5 heteroatoms. The van der Waals surface area contributed by atoms with Crippen LogP contribution in [0.5, 0.6) is 0 Å². The van der Waals surface area contributed by atoms with Crippen LogP contribution >= 0.6 is 0 Å². The average molecular weight is 283 g/mol. The normalized spacial score (nSPS) is 22.8. The molecule has 1 heterocycles. The van der Waals surface area contributed by atoms with E-state index in [1.165, 1.54) is 17.7 Å². The number of imide groups is 1. The molecule has 1 N–H and O–H groups in total. The van der Waals surface area contributed by atoms with Gasteiger partial charge in [-0.25, -0.2) is 4.90 Å². The third kappa shape index (κ3) is 2.67. The minimum atomic E-state index is -0.406. The number of amides is 2. The number of nitrogens with one attached hydrogen (secondary N) is 1. The number of rotatable bonds is 3. The molecule has 1 aliphatic carbocycles. The first kappa shape index (κ1) is 13.8. The van der Waals surface area contributed by atoms with Gasteiger partial charge in [0, 0.05) is 6.04 Å². The van der Waals surface area contributed by atoms with E-state index < -0.39 is 6.04 Å². The Kier molecular flexibility index (Phi) is 3.72. The molecule has 2 fully saturated rings. The van der Waals surface area contributed by atoms with Crippen molar-refractivity contribution in [2.75, 3.05) is 4.90 Å². The van der Waals surface area contributed by atoms with E-state index in [0.717, 1.165) is 12.8 Å². The molecular formula is C16H17N3O2. The van der Waals surface area contributed by atoms with Gasteiger partial charge in [0.1, 0.15) is 0 Å². The van der Waals surface area contributed by atoms with Crippen molar-refractivity contribution in [2.45, 2.75) is 44.2 Å². The Balaban J connectivity index is 1.74. The summed E-state index contributed by atoms with van der Waals surface area (Å²) in [6, 6.07) is 8.50. The lowest BCUT2D eigenvalue weighted by molar-refractivity contribution is -0.121. The van der Waals surface area contributed by atoms with Crippen LogP contribution < -0.4 is 10.2 Å². The third-order valence-electron chi connectivity index (χ3n) is 4.19. The standard InChI is InChI=1S/C16H17N3O2/c17-10-11-5-7-13(8-6-11)19-15(20)9-14(16(19)21)18-12-3-1-2-4-12/h5-8,12,14,18H,1-4,9H2. The number of nitriles is 1. The molecule has 1 saturated carbocycles. The zero-order valence-corrected chi connectivity index (χ0v) is 11.7. The molecule has 2 aliphatic rings. The van der Waals surface area contributed by atoms with Gasteiger partial charge in [0.25, 0.3) is 5.91 Å². The fraction of sp³-hybridized carbons (Fsp3) is 0.438. The van der Waals surface area contributed by atoms with E-state index in [1.54, 1.807) is 24.3 Å². The SMILES string of the molecule is N#Cc1ccc(N2C(=O)CC(NC3CCCC3)C2=O)cc1. The topological polar surface area (TPSA) is 73.2 Å². The molecular weight excluding hydrogens is 266 g/mol. The van der Waals surface area contributed by atoms with Crippen LogP contribution in [0.15, 0.2) is 24.3 Å². The zero-order chi connectivity index (χ0) is 14.8. The quantitative estimate of drug-likeness (QED) is 0.857. The van der Waals surface area contributed by atoms with E-state index in [9.17, 15) is 9.59 Å². The molecule has 2 amide bonds. The number of nitrogens with zero attached hydrogens (tertiary/aromatic N) is 2. The number of carbonyl (C=O) groups is 2. The molecule has 3 rings (SSSR count). The van der Waals surface area contributed by atoms with Crippen LogP contribution in [0.1, 0.15) is 37.7 Å². The van der Waals surface area contributed by atoms with Gasteiger partial charge in [-0.15, -0.1) is 0 Å². The van der Waals surface area contributed by atoms with Crippen molar-refractivity contribution in [1.82, 2.24) is 5.32 Å². The summed E-state index contributed by atoms with van der Waals surface area (Å²) in [4.78, 5) is 25.8. The fourth-order valence-corrected chi connectivity index (χ4v) is 3.10. The molecule has 0 radical (unpaired) electrons. The predicted octanol–water partition coefficient (Wildman–Crippen LogP) is 1.72. The van der Waals surface area contributed by atoms with Crippen LogP contribution in [0.3, 0.4) is 0 Å². The van der Waals surface area contributed by atoms with Gasteiger partial charge in [-0.3, -0.25) is 9.59 Å². The highest BCUT2D eigenvalue weighted by Crippen LogP contribution is 2.25. The summed E-state index contributed by atoms with van der Waals surface area (Å²) in [7, 11) is 0. The Labute approximate surface area is 123 Å². The van der Waals surface area contributed by atoms with E-state index in [4.69, 9.17) is 5.26 Å². The maximum Gasteiger partial charge on any atom is 0.251 e. The molecule has 1 aromatic rings. The van der Waals surface area contributed by atoms with E-state index >= 15 is 0 Å². The summed E-state index contributed by atoms with van der Waals surface area (Å²) in [5.41, 5.74) is 1.05. The summed E-state index contributed by atoms with van der Waals surface area (Å²) in [6.07, 6.45) is 4.75. The number of benzene rings is 1. The van der Waals surface area contributed by atoms with Gasteiger partial charge in [-0.05, 0) is 37.1 Å². The number of hydrogen-bond acceptors (Lipinski definition) is 4. The van der Waals surface area contributed by atoms with Crippen molar-refractivity contribution in [2.24, 2.45) is 0 Å². The molecule has 21 heavy (non-hydrogen) atoms. The van der Waals surface area contributed by atoms with Crippen LogP contribution in [-0.4, -0.2) is 23.9 Å². The van der Waals surface area contributed by atoms with Crippen LogP contribution in [0.2, 0.25) is 0 Å². The van der Waals surface area contributed by atoms with E-state index in [2.05, 4.69) is 5.32 Å². The van der Waals surface area contributed by atoms with E-state index in [-0.39, 0.29) is 18.2 Å². The average Bonchev–Trinajstić information content (AvgIpc) is 3.09. The van der Waals surface area contributed by atoms with Gasteiger partial charge >= 0.3 is 0 Å². The van der Waals surface area contributed by atoms with Crippen molar-refractivity contribution >= 4 is 17.5 Å². The second-order valence-corrected chi connectivity index (χ2v) is 5.63. The van der Waals surface area contributed by atoms with Gasteiger partial charge in [0.05, 0.1) is 29.8 Å². The van der Waals surface area contributed by atoms with Crippen LogP contribution in [0.4, 0.5) is 5.69 Å². The van der Waals surface area contributed by atoms with Crippen LogP contribution in [0.25, 0.3) is 0 Å². The first-order valence-corrected chi connectivity index (χ1v) is 7.32. The molecule has 0 bridgehead atoms. The lowest BCUT2D eigenvalue weighted by Gasteiger charge is -2.18. The van der Waals surface area contributed by atoms with Crippen molar-refractivity contribution < 1.29 is 9.59 Å². The lowest BCUT2D eigenvalue weighted by Crippen LogP contribution is -2.42. The highest BCUT2D eigenvalue weighted by Gasteiger charge is 2.40. The van der Waals surface area contributed by atoms with Crippen LogP contribution in [-0.2, 0) is 9.59 Å². The summed E-state index contributed by atoms with van der Waals surface area (Å²) < 4.78 is 0. The summed E-state index contributed by atoms with van der Waals surface area (Å²) in [5.74, 6) is -0.364. The third-order valence-corrected chi connectivity index (χ3v) is 4.19. The lowest BCUT2D eigenvalue weighted by atomic mass is 10.2. The first-order valence-electron chi connectivity index (χ1n) is 7.32. The Bertz CT molecular complexity index is 597. The smallest absolute Gasteiger partial charge is 0.251 e. The number of carbonyl (C=O) groups excluding carboxylic acids is 2. The maximum atomic E-state index is 12.4. The Morgan fingerprint density at radius 3 is 2.43 bits per heavy atom. The molecule has 0 aromatic heterocycles. The monoisotopic (exact) mass is 283 g/mol. The van der Waals surface area contributed by atoms with Gasteiger partial charge in [-0.1, -0.05) is 12.8 Å².